The zero-order valence-electron chi connectivity index (χ0n) is 25.0. The number of carbonyl (C=O) groups excluding carboxylic acids is 4. The van der Waals surface area contributed by atoms with E-state index in [-0.39, 0.29) is 13.0 Å². The molecule has 224 valence electrons. The highest BCUT2D eigenvalue weighted by Crippen LogP contribution is 2.32. The van der Waals surface area contributed by atoms with Crippen molar-refractivity contribution in [3.8, 4) is 10.4 Å². The van der Waals surface area contributed by atoms with Crippen LogP contribution in [0.2, 0.25) is 0 Å². The van der Waals surface area contributed by atoms with Gasteiger partial charge in [0.1, 0.15) is 11.2 Å². The van der Waals surface area contributed by atoms with Gasteiger partial charge in [-0.25, -0.2) is 4.79 Å². The lowest BCUT2D eigenvalue weighted by Crippen LogP contribution is -2.27. The van der Waals surface area contributed by atoms with Crippen LogP contribution in [-0.4, -0.2) is 41.7 Å². The van der Waals surface area contributed by atoms with Crippen molar-refractivity contribution in [2.75, 3.05) is 17.2 Å². The number of ether oxygens (including phenoxy) is 3. The molecule has 9 nitrogen and oxygen atoms in total. The number of thiophene rings is 1. The second-order valence-electron chi connectivity index (χ2n) is 11.5. The lowest BCUT2D eigenvalue weighted by molar-refractivity contribution is -0.159. The van der Waals surface area contributed by atoms with Crippen LogP contribution in [0.25, 0.3) is 10.4 Å². The van der Waals surface area contributed by atoms with Crippen molar-refractivity contribution in [1.29, 1.82) is 0 Å². The highest BCUT2D eigenvalue weighted by atomic mass is 32.1. The van der Waals surface area contributed by atoms with Crippen molar-refractivity contribution in [1.82, 2.24) is 0 Å². The van der Waals surface area contributed by atoms with Crippen molar-refractivity contribution in [3.05, 3.63) is 71.1 Å². The highest BCUT2D eigenvalue weighted by molar-refractivity contribution is 7.13. The summed E-state index contributed by atoms with van der Waals surface area (Å²) in [6.45, 7) is 12.4. The van der Waals surface area contributed by atoms with Gasteiger partial charge in [0.2, 0.25) is 0 Å². The Morgan fingerprint density at radius 2 is 1.50 bits per heavy atom. The number of hydrogen-bond donors (Lipinski definition) is 2. The number of anilines is 2. The minimum Gasteiger partial charge on any atom is -0.466 e. The molecule has 0 fully saturated rings. The van der Waals surface area contributed by atoms with E-state index >= 15 is 0 Å². The Balaban J connectivity index is 1.85. The standard InChI is InChI=1S/C32H38N2O7S/c1-8-39-29(37)23(19-27(35)40-31(2,3)4)20-11-13-21(14-12-20)28(36)33-25-18-22(26-10-9-17-42-26)15-16-24(25)34-30(38)41-32(5,6)7/h9-18,23H,8,19H2,1-7H3,(H,33,36)(H,34,38). The van der Waals surface area contributed by atoms with E-state index in [1.54, 1.807) is 96.2 Å². The molecule has 3 rings (SSSR count). The third-order valence-corrected chi connectivity index (χ3v) is 6.57. The first kappa shape index (κ1) is 32.3. The predicted molar refractivity (Wildman–Crippen MR) is 164 cm³/mol. The van der Waals surface area contributed by atoms with Crippen molar-refractivity contribution >= 4 is 46.7 Å². The van der Waals surface area contributed by atoms with Gasteiger partial charge in [-0.05, 0) is 95.3 Å². The SMILES string of the molecule is CCOC(=O)C(CC(=O)OC(C)(C)C)c1ccc(C(=O)Nc2cc(-c3cccs3)ccc2NC(=O)OC(C)(C)C)cc1. The zero-order chi connectivity index (χ0) is 31.1. The second kappa shape index (κ2) is 13.7. The summed E-state index contributed by atoms with van der Waals surface area (Å²) in [6.07, 6.45) is -0.849. The van der Waals surface area contributed by atoms with Crippen LogP contribution in [0.4, 0.5) is 16.2 Å². The van der Waals surface area contributed by atoms with Gasteiger partial charge in [-0.3, -0.25) is 19.7 Å². The van der Waals surface area contributed by atoms with Gasteiger partial charge in [0, 0.05) is 10.4 Å². The second-order valence-corrected chi connectivity index (χ2v) is 12.5. The van der Waals surface area contributed by atoms with Gasteiger partial charge in [-0.2, -0.15) is 0 Å². The quantitative estimate of drug-likeness (QED) is 0.196. The first-order chi connectivity index (χ1) is 19.6. The van der Waals surface area contributed by atoms with Crippen LogP contribution in [0.3, 0.4) is 0 Å². The summed E-state index contributed by atoms with van der Waals surface area (Å²) in [6, 6.07) is 15.6. The molecule has 2 amide bonds. The largest absolute Gasteiger partial charge is 0.466 e. The van der Waals surface area contributed by atoms with E-state index in [4.69, 9.17) is 14.2 Å². The Labute approximate surface area is 250 Å². The molecule has 1 unspecified atom stereocenters. The van der Waals surface area contributed by atoms with Crippen molar-refractivity contribution in [3.63, 3.8) is 0 Å². The van der Waals surface area contributed by atoms with Gasteiger partial charge in [0.25, 0.3) is 5.91 Å². The Morgan fingerprint density at radius 3 is 2.07 bits per heavy atom. The smallest absolute Gasteiger partial charge is 0.412 e. The van der Waals surface area contributed by atoms with E-state index < -0.39 is 41.1 Å². The molecule has 0 spiro atoms. The molecule has 3 aromatic rings. The maximum Gasteiger partial charge on any atom is 0.412 e. The fourth-order valence-electron chi connectivity index (χ4n) is 3.96. The van der Waals surface area contributed by atoms with Gasteiger partial charge >= 0.3 is 18.0 Å². The van der Waals surface area contributed by atoms with Crippen molar-refractivity contribution < 1.29 is 33.4 Å². The van der Waals surface area contributed by atoms with Crippen LogP contribution >= 0.6 is 11.3 Å². The molecule has 1 heterocycles. The molecule has 0 saturated heterocycles. The molecule has 0 aliphatic heterocycles. The number of amides is 2. The summed E-state index contributed by atoms with van der Waals surface area (Å²) in [5, 5.41) is 7.54. The number of nitrogens with one attached hydrogen (secondary N) is 2. The van der Waals surface area contributed by atoms with Crippen LogP contribution in [0.1, 0.15) is 76.7 Å². The Morgan fingerprint density at radius 1 is 0.833 bits per heavy atom. The summed E-state index contributed by atoms with van der Waals surface area (Å²) in [4.78, 5) is 52.0. The predicted octanol–water partition coefficient (Wildman–Crippen LogP) is 7.39. The lowest BCUT2D eigenvalue weighted by atomic mass is 9.94. The molecule has 42 heavy (non-hydrogen) atoms. The Bertz CT molecular complexity index is 1400. The van der Waals surface area contributed by atoms with Crippen LogP contribution in [0.15, 0.2) is 60.0 Å². The summed E-state index contributed by atoms with van der Waals surface area (Å²) in [7, 11) is 0. The van der Waals surface area contributed by atoms with Crippen molar-refractivity contribution in [2.24, 2.45) is 0 Å². The third-order valence-electron chi connectivity index (χ3n) is 5.65. The van der Waals surface area contributed by atoms with Gasteiger partial charge < -0.3 is 19.5 Å². The molecule has 0 bridgehead atoms. The normalized spacial score (nSPS) is 12.2. The number of hydrogen-bond acceptors (Lipinski definition) is 8. The molecule has 0 aliphatic rings. The Kier molecular flexibility index (Phi) is 10.5. The van der Waals surface area contributed by atoms with Crippen LogP contribution < -0.4 is 10.6 Å². The zero-order valence-corrected chi connectivity index (χ0v) is 25.8. The van der Waals surface area contributed by atoms with Crippen LogP contribution in [-0.2, 0) is 23.8 Å². The van der Waals surface area contributed by atoms with Crippen LogP contribution in [0, 0.1) is 0 Å². The monoisotopic (exact) mass is 594 g/mol. The average molecular weight is 595 g/mol. The van der Waals surface area contributed by atoms with E-state index in [0.717, 1.165) is 10.4 Å². The molecular weight excluding hydrogens is 556 g/mol. The number of esters is 2. The number of carbonyl (C=O) groups is 4. The maximum absolute atomic E-state index is 13.3. The maximum atomic E-state index is 13.3. The van der Waals surface area contributed by atoms with E-state index in [9.17, 15) is 19.2 Å². The third kappa shape index (κ3) is 9.73. The average Bonchev–Trinajstić information content (AvgIpc) is 3.41. The summed E-state index contributed by atoms with van der Waals surface area (Å²) in [5.41, 5.74) is 1.05. The lowest BCUT2D eigenvalue weighted by Gasteiger charge is -2.22. The highest BCUT2D eigenvalue weighted by Gasteiger charge is 2.28. The summed E-state index contributed by atoms with van der Waals surface area (Å²) < 4.78 is 16.0. The van der Waals surface area contributed by atoms with Gasteiger partial charge in [-0.15, -0.1) is 11.3 Å². The molecular formula is C32H38N2O7S. The van der Waals surface area contributed by atoms with E-state index in [1.807, 2.05) is 23.6 Å². The molecule has 1 aromatic heterocycles. The molecule has 2 aromatic carbocycles. The fraction of sp³-hybridized carbons (Fsp3) is 0.375. The first-order valence-electron chi connectivity index (χ1n) is 13.6. The van der Waals surface area contributed by atoms with E-state index in [1.165, 1.54) is 0 Å². The topological polar surface area (TPSA) is 120 Å². The minimum absolute atomic E-state index is 0.161. The minimum atomic E-state index is -0.885. The summed E-state index contributed by atoms with van der Waals surface area (Å²) >= 11 is 1.55. The number of rotatable bonds is 9. The molecule has 0 aliphatic carbocycles. The molecule has 2 N–H and O–H groups in total. The molecule has 0 saturated carbocycles. The van der Waals surface area contributed by atoms with E-state index in [2.05, 4.69) is 10.6 Å². The van der Waals surface area contributed by atoms with Crippen LogP contribution in [0.5, 0.6) is 0 Å². The van der Waals surface area contributed by atoms with Crippen molar-refractivity contribution in [2.45, 2.75) is 72.0 Å². The molecule has 0 radical (unpaired) electrons. The molecule has 1 atom stereocenters. The number of benzene rings is 2. The fourth-order valence-corrected chi connectivity index (χ4v) is 4.68. The van der Waals surface area contributed by atoms with Gasteiger partial charge in [0.15, 0.2) is 0 Å². The Hall–Kier alpha value is -4.18. The summed E-state index contributed by atoms with van der Waals surface area (Å²) in [5.74, 6) is -2.40. The van der Waals surface area contributed by atoms with Gasteiger partial charge in [-0.1, -0.05) is 24.3 Å². The first-order valence-corrected chi connectivity index (χ1v) is 14.5. The van der Waals surface area contributed by atoms with E-state index in [0.29, 0.717) is 22.5 Å². The van der Waals surface area contributed by atoms with Gasteiger partial charge in [0.05, 0.1) is 30.3 Å². The molecule has 10 heteroatoms.